The molecule has 0 spiro atoms. The molecule has 5 nitrogen and oxygen atoms in total. The molecule has 0 radical (unpaired) electrons. The second-order valence-electron chi connectivity index (χ2n) is 17.7. The number of amides is 1. The number of unbranched alkanes of at least 4 members (excludes halogenated alkanes) is 35. The number of aliphatic hydroxyl groups excluding tert-OH is 3. The molecule has 0 aromatic heterocycles. The Morgan fingerprint density at radius 3 is 1.05 bits per heavy atom. The van der Waals surface area contributed by atoms with Gasteiger partial charge >= 0.3 is 0 Å². The van der Waals surface area contributed by atoms with Crippen molar-refractivity contribution in [3.8, 4) is 0 Å². The average Bonchev–Trinajstić information content (AvgIpc) is 3.22. The standard InChI is InChI=1S/C52H101NO4/c1-3-5-7-9-11-13-15-16-17-18-19-20-21-22-23-24-25-26-27-28-29-30-31-32-33-34-35-37-39-41-43-45-47-51(56)52(57)53-49(48-54)50(55)46-44-42-40-38-36-14-12-10-8-6-4-2/h19-20,22-23,49-51,54-56H,3-18,21,24-48H2,1-2H3,(H,53,57)/b20-19-,23-22-. The Balaban J connectivity index is 3.48. The van der Waals surface area contributed by atoms with Crippen LogP contribution in [0.5, 0.6) is 0 Å². The first-order chi connectivity index (χ1) is 28.1. The first-order valence-corrected chi connectivity index (χ1v) is 25.6. The largest absolute Gasteiger partial charge is 0.394 e. The third kappa shape index (κ3) is 42.8. The van der Waals surface area contributed by atoms with Gasteiger partial charge in [-0.3, -0.25) is 4.79 Å². The van der Waals surface area contributed by atoms with E-state index in [1.54, 1.807) is 0 Å². The second kappa shape index (κ2) is 47.5. The summed E-state index contributed by atoms with van der Waals surface area (Å²) in [5.74, 6) is -0.469. The molecule has 57 heavy (non-hydrogen) atoms. The highest BCUT2D eigenvalue weighted by atomic mass is 16.3. The highest BCUT2D eigenvalue weighted by Crippen LogP contribution is 2.17. The molecule has 0 aromatic carbocycles. The number of carbonyl (C=O) groups is 1. The Hall–Kier alpha value is -1.17. The molecule has 0 aliphatic carbocycles. The van der Waals surface area contributed by atoms with E-state index in [2.05, 4.69) is 43.5 Å². The van der Waals surface area contributed by atoms with E-state index in [9.17, 15) is 20.1 Å². The van der Waals surface area contributed by atoms with Crippen molar-refractivity contribution in [2.75, 3.05) is 6.61 Å². The molecule has 0 aromatic rings. The molecule has 0 bridgehead atoms. The number of hydrogen-bond acceptors (Lipinski definition) is 4. The smallest absolute Gasteiger partial charge is 0.249 e. The molecule has 5 heteroatoms. The Labute approximate surface area is 356 Å². The van der Waals surface area contributed by atoms with E-state index < -0.39 is 24.2 Å². The molecule has 0 saturated heterocycles. The summed E-state index contributed by atoms with van der Waals surface area (Å²) in [6, 6.07) is -0.708. The Bertz CT molecular complexity index is 844. The van der Waals surface area contributed by atoms with E-state index in [0.29, 0.717) is 12.8 Å². The molecule has 0 fully saturated rings. The predicted molar refractivity (Wildman–Crippen MR) is 250 cm³/mol. The molecule has 3 atom stereocenters. The second-order valence-corrected chi connectivity index (χ2v) is 17.7. The van der Waals surface area contributed by atoms with Crippen molar-refractivity contribution in [2.45, 2.75) is 295 Å². The molecule has 0 rings (SSSR count). The van der Waals surface area contributed by atoms with Gasteiger partial charge in [-0.15, -0.1) is 0 Å². The van der Waals surface area contributed by atoms with Crippen molar-refractivity contribution in [1.29, 1.82) is 0 Å². The maximum atomic E-state index is 12.5. The van der Waals surface area contributed by atoms with Gasteiger partial charge < -0.3 is 20.6 Å². The fourth-order valence-electron chi connectivity index (χ4n) is 8.05. The maximum Gasteiger partial charge on any atom is 0.249 e. The van der Waals surface area contributed by atoms with Gasteiger partial charge in [0.05, 0.1) is 18.8 Å². The quantitative estimate of drug-likeness (QED) is 0.0364. The van der Waals surface area contributed by atoms with Crippen molar-refractivity contribution in [3.05, 3.63) is 24.3 Å². The number of nitrogens with one attached hydrogen (secondary N) is 1. The number of rotatable bonds is 47. The summed E-state index contributed by atoms with van der Waals surface area (Å²) < 4.78 is 0. The fraction of sp³-hybridized carbons (Fsp3) is 0.904. The van der Waals surface area contributed by atoms with E-state index in [1.165, 1.54) is 212 Å². The molecule has 0 aliphatic heterocycles. The van der Waals surface area contributed by atoms with Crippen LogP contribution in [0.15, 0.2) is 24.3 Å². The lowest BCUT2D eigenvalue weighted by molar-refractivity contribution is -0.131. The highest BCUT2D eigenvalue weighted by molar-refractivity contribution is 5.80. The maximum absolute atomic E-state index is 12.5. The summed E-state index contributed by atoms with van der Waals surface area (Å²) in [5.41, 5.74) is 0. The van der Waals surface area contributed by atoms with Crippen LogP contribution in [0.25, 0.3) is 0 Å². The summed E-state index contributed by atoms with van der Waals surface area (Å²) in [5, 5.41) is 33.3. The summed E-state index contributed by atoms with van der Waals surface area (Å²) in [6.07, 6.45) is 59.3. The van der Waals surface area contributed by atoms with Gasteiger partial charge in [0.15, 0.2) is 0 Å². The van der Waals surface area contributed by atoms with Crippen molar-refractivity contribution in [2.24, 2.45) is 0 Å². The lowest BCUT2D eigenvalue weighted by Crippen LogP contribution is -2.49. The molecule has 4 N–H and O–H groups in total. The van der Waals surface area contributed by atoms with Crippen LogP contribution in [0.4, 0.5) is 0 Å². The third-order valence-electron chi connectivity index (χ3n) is 12.1. The SMILES string of the molecule is CCCCCCCCCCC/C=C\C/C=C\CCCCCCCCCCCCCCCCCCC(O)C(=O)NC(CO)C(O)CCCCCCCCCCCCC. The first-order valence-electron chi connectivity index (χ1n) is 25.6. The van der Waals surface area contributed by atoms with Gasteiger partial charge in [0.1, 0.15) is 6.10 Å². The molecule has 3 unspecified atom stereocenters. The van der Waals surface area contributed by atoms with Crippen LogP contribution >= 0.6 is 0 Å². The molecule has 0 aliphatic rings. The van der Waals surface area contributed by atoms with Gasteiger partial charge in [-0.2, -0.15) is 0 Å². The average molecular weight is 804 g/mol. The van der Waals surface area contributed by atoms with Crippen molar-refractivity contribution in [1.82, 2.24) is 5.32 Å². The van der Waals surface area contributed by atoms with Crippen LogP contribution < -0.4 is 5.32 Å². The van der Waals surface area contributed by atoms with Crippen molar-refractivity contribution < 1.29 is 20.1 Å². The van der Waals surface area contributed by atoms with Gasteiger partial charge in [-0.05, 0) is 44.9 Å². The zero-order valence-electron chi connectivity index (χ0n) is 38.5. The monoisotopic (exact) mass is 804 g/mol. The van der Waals surface area contributed by atoms with E-state index in [-0.39, 0.29) is 6.61 Å². The van der Waals surface area contributed by atoms with E-state index in [1.807, 2.05) is 0 Å². The molecule has 0 saturated carbocycles. The summed E-state index contributed by atoms with van der Waals surface area (Å²) >= 11 is 0. The molecular weight excluding hydrogens is 703 g/mol. The minimum atomic E-state index is -1.07. The van der Waals surface area contributed by atoms with Gasteiger partial charge in [-0.25, -0.2) is 0 Å². The normalized spacial score (nSPS) is 13.6. The zero-order valence-corrected chi connectivity index (χ0v) is 38.5. The van der Waals surface area contributed by atoms with Crippen LogP contribution in [0.2, 0.25) is 0 Å². The summed E-state index contributed by atoms with van der Waals surface area (Å²) in [6.45, 7) is 4.23. The van der Waals surface area contributed by atoms with Crippen molar-refractivity contribution >= 4 is 5.91 Å². The number of carbonyl (C=O) groups excluding carboxylic acids is 1. The van der Waals surface area contributed by atoms with Crippen LogP contribution in [-0.2, 0) is 4.79 Å². The van der Waals surface area contributed by atoms with Gasteiger partial charge in [0.2, 0.25) is 5.91 Å². The molecule has 1 amide bonds. The predicted octanol–water partition coefficient (Wildman–Crippen LogP) is 15.3. The van der Waals surface area contributed by atoms with Gasteiger partial charge in [-0.1, -0.05) is 256 Å². The van der Waals surface area contributed by atoms with Gasteiger partial charge in [0.25, 0.3) is 0 Å². The van der Waals surface area contributed by atoms with E-state index >= 15 is 0 Å². The zero-order chi connectivity index (χ0) is 41.5. The fourth-order valence-corrected chi connectivity index (χ4v) is 8.05. The number of allylic oxidation sites excluding steroid dienone is 4. The summed E-state index contributed by atoms with van der Waals surface area (Å²) in [4.78, 5) is 12.5. The van der Waals surface area contributed by atoms with Crippen LogP contribution in [0, 0.1) is 0 Å². The molecule has 0 heterocycles. The van der Waals surface area contributed by atoms with Crippen molar-refractivity contribution in [3.63, 3.8) is 0 Å². The van der Waals surface area contributed by atoms with Gasteiger partial charge in [0, 0.05) is 0 Å². The lowest BCUT2D eigenvalue weighted by atomic mass is 10.0. The summed E-state index contributed by atoms with van der Waals surface area (Å²) in [7, 11) is 0. The minimum absolute atomic E-state index is 0.311. The number of hydrogen-bond donors (Lipinski definition) is 4. The van der Waals surface area contributed by atoms with E-state index in [0.717, 1.165) is 38.5 Å². The van der Waals surface area contributed by atoms with Crippen LogP contribution in [-0.4, -0.2) is 46.1 Å². The lowest BCUT2D eigenvalue weighted by Gasteiger charge is -2.23. The Morgan fingerprint density at radius 1 is 0.421 bits per heavy atom. The van der Waals surface area contributed by atoms with Crippen LogP contribution in [0.1, 0.15) is 277 Å². The number of aliphatic hydroxyl groups is 3. The Morgan fingerprint density at radius 2 is 0.719 bits per heavy atom. The highest BCUT2D eigenvalue weighted by Gasteiger charge is 2.23. The molecular formula is C52H101NO4. The molecule has 338 valence electrons. The minimum Gasteiger partial charge on any atom is -0.394 e. The third-order valence-corrected chi connectivity index (χ3v) is 12.1. The Kier molecular flexibility index (Phi) is 46.5. The topological polar surface area (TPSA) is 89.8 Å². The first kappa shape index (κ1) is 55.8. The van der Waals surface area contributed by atoms with E-state index in [4.69, 9.17) is 0 Å². The van der Waals surface area contributed by atoms with Crippen LogP contribution in [0.3, 0.4) is 0 Å².